The van der Waals surface area contributed by atoms with Gasteiger partial charge < -0.3 is 9.31 Å². The largest absolute Gasteiger partial charge is 0.469 e. The van der Waals surface area contributed by atoms with Gasteiger partial charge in [0.05, 0.1) is 0 Å². The van der Waals surface area contributed by atoms with Gasteiger partial charge in [-0.25, -0.2) is 0 Å². The highest BCUT2D eigenvalue weighted by atomic mass is 16.6. The lowest BCUT2D eigenvalue weighted by atomic mass is 9.84. The molecule has 0 N–H and O–H groups in total. The summed E-state index contributed by atoms with van der Waals surface area (Å²) in [7, 11) is -0.255. The Balaban J connectivity index is 3.79. The molecule has 0 unspecified atom stereocenters. The van der Waals surface area contributed by atoms with Crippen LogP contribution in [0.4, 0.5) is 0 Å². The van der Waals surface area contributed by atoms with Crippen molar-refractivity contribution in [1.82, 2.24) is 0 Å². The van der Waals surface area contributed by atoms with Gasteiger partial charge in [-0.05, 0) is 27.7 Å². The smallest absolute Gasteiger partial charge is 0.408 e. The van der Waals surface area contributed by atoms with E-state index in [1.807, 2.05) is 27.7 Å². The summed E-state index contributed by atoms with van der Waals surface area (Å²) in [5, 5.41) is 0. The summed E-state index contributed by atoms with van der Waals surface area (Å²) in [6.45, 7) is 7.86. The summed E-state index contributed by atoms with van der Waals surface area (Å²) < 4.78 is 10.9. The van der Waals surface area contributed by atoms with Crippen LogP contribution in [0.1, 0.15) is 27.7 Å². The first kappa shape index (κ1) is 11.5. The molecule has 0 heterocycles. The van der Waals surface area contributed by atoms with Crippen molar-refractivity contribution < 1.29 is 9.31 Å². The normalized spacial score (nSPS) is 10.4. The van der Waals surface area contributed by atoms with Crippen molar-refractivity contribution in [2.75, 3.05) is 0 Å². The summed E-state index contributed by atoms with van der Waals surface area (Å²) in [4.78, 5) is 0. The Morgan fingerprint density at radius 1 is 1.17 bits per heavy atom. The van der Waals surface area contributed by atoms with Gasteiger partial charge in [-0.1, -0.05) is 0 Å². The summed E-state index contributed by atoms with van der Waals surface area (Å²) in [6, 6.07) is 0. The first-order valence-corrected chi connectivity index (χ1v) is 4.30. The van der Waals surface area contributed by atoms with Crippen LogP contribution in [-0.4, -0.2) is 19.3 Å². The van der Waals surface area contributed by atoms with Crippen molar-refractivity contribution in [1.29, 1.82) is 0 Å². The van der Waals surface area contributed by atoms with Crippen LogP contribution in [0, 0.1) is 12.3 Å². The van der Waals surface area contributed by atoms with Gasteiger partial charge in [0.25, 0.3) is 0 Å². The van der Waals surface area contributed by atoms with E-state index in [-0.39, 0.29) is 19.3 Å². The Labute approximate surface area is 75.8 Å². The second kappa shape index (κ2) is 6.10. The van der Waals surface area contributed by atoms with E-state index in [0.717, 1.165) is 0 Å². The van der Waals surface area contributed by atoms with E-state index < -0.39 is 0 Å². The van der Waals surface area contributed by atoms with Crippen molar-refractivity contribution >= 4 is 7.12 Å². The minimum absolute atomic E-state index is 0.155. The molecule has 0 saturated carbocycles. The maximum Gasteiger partial charge on any atom is 0.469 e. The van der Waals surface area contributed by atoms with Gasteiger partial charge in [0.1, 0.15) is 0 Å². The van der Waals surface area contributed by atoms with E-state index >= 15 is 0 Å². The predicted octanol–water partition coefficient (Wildman–Crippen LogP) is 1.96. The molecule has 0 aromatic rings. The van der Waals surface area contributed by atoms with Crippen LogP contribution in [0.3, 0.4) is 0 Å². The topological polar surface area (TPSA) is 18.5 Å². The van der Waals surface area contributed by atoms with Crippen LogP contribution in [0.15, 0.2) is 0 Å². The van der Waals surface area contributed by atoms with E-state index in [9.17, 15) is 0 Å². The fourth-order valence-electron chi connectivity index (χ4n) is 0.832. The quantitative estimate of drug-likeness (QED) is 0.461. The van der Waals surface area contributed by atoms with Crippen molar-refractivity contribution in [2.24, 2.45) is 0 Å². The number of terminal acetylenes is 1. The van der Waals surface area contributed by atoms with Crippen molar-refractivity contribution in [3.63, 3.8) is 0 Å². The van der Waals surface area contributed by atoms with Crippen molar-refractivity contribution in [3.8, 4) is 12.3 Å². The second-order valence-electron chi connectivity index (χ2n) is 3.21. The van der Waals surface area contributed by atoms with Gasteiger partial charge in [-0.15, -0.1) is 12.3 Å². The molecular formula is C9H17BO2. The van der Waals surface area contributed by atoms with Crippen molar-refractivity contribution in [2.45, 2.75) is 46.2 Å². The molecule has 3 heteroatoms. The molecule has 0 fully saturated rings. The molecule has 0 saturated heterocycles. The van der Waals surface area contributed by atoms with Gasteiger partial charge in [-0.2, -0.15) is 0 Å². The molecule has 12 heavy (non-hydrogen) atoms. The van der Waals surface area contributed by atoms with Crippen molar-refractivity contribution in [3.05, 3.63) is 0 Å². The summed E-state index contributed by atoms with van der Waals surface area (Å²) >= 11 is 0. The number of hydrogen-bond donors (Lipinski definition) is 0. The minimum atomic E-state index is -0.255. The molecular weight excluding hydrogens is 151 g/mol. The van der Waals surface area contributed by atoms with Crippen LogP contribution in [0.25, 0.3) is 0 Å². The third kappa shape index (κ3) is 6.27. The Bertz CT molecular complexity index is 139. The number of hydrogen-bond acceptors (Lipinski definition) is 2. The lowest BCUT2D eigenvalue weighted by Crippen LogP contribution is -2.28. The molecule has 0 bridgehead atoms. The SMILES string of the molecule is C#CCB(OC(C)C)OC(C)C. The minimum Gasteiger partial charge on any atom is -0.408 e. The highest BCUT2D eigenvalue weighted by Gasteiger charge is 2.19. The fraction of sp³-hybridized carbons (Fsp3) is 0.778. The van der Waals surface area contributed by atoms with E-state index in [2.05, 4.69) is 5.92 Å². The second-order valence-corrected chi connectivity index (χ2v) is 3.21. The molecule has 0 radical (unpaired) electrons. The van der Waals surface area contributed by atoms with Gasteiger partial charge in [0, 0.05) is 18.5 Å². The summed E-state index contributed by atoms with van der Waals surface area (Å²) in [5.74, 6) is 2.53. The fourth-order valence-corrected chi connectivity index (χ4v) is 0.832. The van der Waals surface area contributed by atoms with Crippen LogP contribution in [-0.2, 0) is 9.31 Å². The van der Waals surface area contributed by atoms with E-state index in [4.69, 9.17) is 15.7 Å². The van der Waals surface area contributed by atoms with Crippen LogP contribution >= 0.6 is 0 Å². The van der Waals surface area contributed by atoms with Gasteiger partial charge >= 0.3 is 7.12 Å². The highest BCUT2D eigenvalue weighted by molar-refractivity contribution is 6.45. The zero-order valence-electron chi connectivity index (χ0n) is 8.33. The van der Waals surface area contributed by atoms with Crippen LogP contribution in [0.5, 0.6) is 0 Å². The zero-order valence-corrected chi connectivity index (χ0v) is 8.33. The maximum atomic E-state index is 5.44. The highest BCUT2D eigenvalue weighted by Crippen LogP contribution is 2.03. The third-order valence-electron chi connectivity index (χ3n) is 1.13. The van der Waals surface area contributed by atoms with E-state index in [0.29, 0.717) is 6.32 Å². The van der Waals surface area contributed by atoms with Gasteiger partial charge in [-0.3, -0.25) is 0 Å². The molecule has 0 amide bonds. The molecule has 0 rings (SSSR count). The molecule has 0 aliphatic carbocycles. The van der Waals surface area contributed by atoms with Crippen LogP contribution < -0.4 is 0 Å². The predicted molar refractivity (Wildman–Crippen MR) is 51.8 cm³/mol. The molecule has 0 aromatic carbocycles. The van der Waals surface area contributed by atoms with Gasteiger partial charge in [0.2, 0.25) is 0 Å². The Morgan fingerprint density at radius 2 is 1.58 bits per heavy atom. The third-order valence-corrected chi connectivity index (χ3v) is 1.13. The molecule has 68 valence electrons. The first-order chi connectivity index (χ1) is 5.56. The lowest BCUT2D eigenvalue weighted by molar-refractivity contribution is 0.132. The monoisotopic (exact) mass is 168 g/mol. The first-order valence-electron chi connectivity index (χ1n) is 4.30. The Hall–Kier alpha value is -0.455. The Kier molecular flexibility index (Phi) is 5.87. The maximum absolute atomic E-state index is 5.44. The lowest BCUT2D eigenvalue weighted by Gasteiger charge is -2.17. The molecule has 0 aromatic heterocycles. The van der Waals surface area contributed by atoms with E-state index in [1.54, 1.807) is 0 Å². The van der Waals surface area contributed by atoms with E-state index in [1.165, 1.54) is 0 Å². The molecule has 0 atom stereocenters. The standard InChI is InChI=1S/C9H17BO2/c1-6-7-10(11-8(2)3)12-9(4)5/h1,8-9H,7H2,2-5H3. The average Bonchev–Trinajstić information content (AvgIpc) is 1.84. The Morgan fingerprint density at radius 3 is 1.83 bits per heavy atom. The average molecular weight is 168 g/mol. The van der Waals surface area contributed by atoms with Gasteiger partial charge in [0.15, 0.2) is 0 Å². The zero-order chi connectivity index (χ0) is 9.56. The molecule has 0 spiro atoms. The number of rotatable bonds is 5. The van der Waals surface area contributed by atoms with Crippen LogP contribution in [0.2, 0.25) is 6.32 Å². The molecule has 2 nitrogen and oxygen atoms in total. The molecule has 0 aliphatic heterocycles. The molecule has 0 aliphatic rings. The summed E-state index contributed by atoms with van der Waals surface area (Å²) in [5.41, 5.74) is 0. The summed E-state index contributed by atoms with van der Waals surface area (Å²) in [6.07, 6.45) is 5.99.